The van der Waals surface area contributed by atoms with Gasteiger partial charge in [-0.15, -0.1) is 0 Å². The number of aromatic nitrogens is 4. The van der Waals surface area contributed by atoms with E-state index in [0.717, 1.165) is 32.1 Å². The van der Waals surface area contributed by atoms with Crippen molar-refractivity contribution in [2.45, 2.75) is 43.3 Å². The highest BCUT2D eigenvalue weighted by atomic mass is 32.2. The van der Waals surface area contributed by atoms with Crippen LogP contribution in [0.5, 0.6) is 0 Å². The summed E-state index contributed by atoms with van der Waals surface area (Å²) < 4.78 is 30.6. The molecule has 0 unspecified atom stereocenters. The average molecular weight is 317 g/mol. The minimum atomic E-state index is -3.68. The molecule has 1 aromatic heterocycles. The zero-order valence-electron chi connectivity index (χ0n) is 11.9. The van der Waals surface area contributed by atoms with E-state index in [-0.39, 0.29) is 23.6 Å². The number of sulfone groups is 1. The van der Waals surface area contributed by atoms with Crippen molar-refractivity contribution < 1.29 is 17.9 Å². The number of amides is 1. The molecule has 10 heteroatoms. The lowest BCUT2D eigenvalue weighted by molar-refractivity contribution is 0.155. The summed E-state index contributed by atoms with van der Waals surface area (Å²) in [5, 5.41) is 13.1. The minimum Gasteiger partial charge on any atom is -0.448 e. The number of nitrogens with one attached hydrogen (secondary N) is 1. The Morgan fingerprint density at radius 3 is 2.76 bits per heavy atom. The summed E-state index contributed by atoms with van der Waals surface area (Å²) in [5.74, 6) is -0.340. The topological polar surface area (TPSA) is 116 Å². The van der Waals surface area contributed by atoms with Crippen LogP contribution < -0.4 is 5.32 Å². The summed E-state index contributed by atoms with van der Waals surface area (Å²) in [5.41, 5.74) is 0. The fraction of sp³-hybridized carbons (Fsp3) is 0.818. The number of carbonyl (C=O) groups is 1. The van der Waals surface area contributed by atoms with Gasteiger partial charge in [0.1, 0.15) is 6.61 Å². The molecule has 21 heavy (non-hydrogen) atoms. The monoisotopic (exact) mass is 317 g/mol. The molecule has 1 aliphatic rings. The maximum absolute atomic E-state index is 12.3. The van der Waals surface area contributed by atoms with Crippen LogP contribution in [0.1, 0.15) is 38.1 Å². The van der Waals surface area contributed by atoms with Gasteiger partial charge in [-0.3, -0.25) is 0 Å². The number of tetrazole rings is 1. The average Bonchev–Trinajstić information content (AvgIpc) is 2.98. The Kier molecular flexibility index (Phi) is 5.10. The fourth-order valence-corrected chi connectivity index (χ4v) is 3.47. The van der Waals surface area contributed by atoms with E-state index in [0.29, 0.717) is 0 Å². The van der Waals surface area contributed by atoms with Gasteiger partial charge in [0.05, 0.1) is 11.8 Å². The molecule has 2 rings (SSSR count). The Morgan fingerprint density at radius 2 is 2.10 bits per heavy atom. The van der Waals surface area contributed by atoms with Crippen LogP contribution in [0.25, 0.3) is 0 Å². The van der Waals surface area contributed by atoms with Gasteiger partial charge in [-0.1, -0.05) is 24.4 Å². The summed E-state index contributed by atoms with van der Waals surface area (Å²) in [6, 6.07) is 0.0263. The molecule has 0 radical (unpaired) electrons. The van der Waals surface area contributed by atoms with Gasteiger partial charge in [0.25, 0.3) is 5.16 Å². The standard InChI is InChI=1S/C11H19N5O4S/c1-12-11(17)20-7-8-21(18,19)10-13-14-15-16(10)9-5-3-2-4-6-9/h9H,2-8H2,1H3,(H,12,17). The number of carbonyl (C=O) groups excluding carboxylic acids is 1. The van der Waals surface area contributed by atoms with Crippen molar-refractivity contribution in [2.24, 2.45) is 0 Å². The molecule has 1 fully saturated rings. The van der Waals surface area contributed by atoms with E-state index in [1.54, 1.807) is 0 Å². The molecule has 9 nitrogen and oxygen atoms in total. The van der Waals surface area contributed by atoms with E-state index in [9.17, 15) is 13.2 Å². The number of ether oxygens (including phenoxy) is 1. The number of hydrogen-bond donors (Lipinski definition) is 1. The first kappa shape index (κ1) is 15.7. The highest BCUT2D eigenvalue weighted by Crippen LogP contribution is 2.28. The summed E-state index contributed by atoms with van der Waals surface area (Å²) in [6.45, 7) is -0.237. The van der Waals surface area contributed by atoms with Gasteiger partial charge in [-0.2, -0.15) is 0 Å². The first-order chi connectivity index (χ1) is 10.0. The molecule has 1 saturated carbocycles. The van der Waals surface area contributed by atoms with Crippen LogP contribution in [-0.4, -0.2) is 54.1 Å². The van der Waals surface area contributed by atoms with E-state index in [2.05, 4.69) is 20.8 Å². The zero-order valence-corrected chi connectivity index (χ0v) is 12.7. The van der Waals surface area contributed by atoms with E-state index >= 15 is 0 Å². The molecule has 0 atom stereocenters. The first-order valence-electron chi connectivity index (χ1n) is 6.89. The van der Waals surface area contributed by atoms with Crippen molar-refractivity contribution in [1.29, 1.82) is 0 Å². The largest absolute Gasteiger partial charge is 0.448 e. The van der Waals surface area contributed by atoms with Crippen LogP contribution in [-0.2, 0) is 14.6 Å². The van der Waals surface area contributed by atoms with Crippen LogP contribution >= 0.6 is 0 Å². The summed E-state index contributed by atoms with van der Waals surface area (Å²) >= 11 is 0. The van der Waals surface area contributed by atoms with Crippen molar-refractivity contribution in [2.75, 3.05) is 19.4 Å². The Hall–Kier alpha value is -1.71. The van der Waals surface area contributed by atoms with Crippen molar-refractivity contribution in [1.82, 2.24) is 25.5 Å². The number of rotatable bonds is 5. The third-order valence-electron chi connectivity index (χ3n) is 3.45. The van der Waals surface area contributed by atoms with E-state index in [1.165, 1.54) is 11.7 Å². The summed E-state index contributed by atoms with van der Waals surface area (Å²) in [4.78, 5) is 10.9. The SMILES string of the molecule is CNC(=O)OCCS(=O)(=O)c1nnnn1C1CCCCC1. The van der Waals surface area contributed by atoms with Gasteiger partial charge in [-0.25, -0.2) is 17.9 Å². The molecule has 0 saturated heterocycles. The van der Waals surface area contributed by atoms with Crippen molar-refractivity contribution in [3.05, 3.63) is 0 Å². The van der Waals surface area contributed by atoms with Gasteiger partial charge >= 0.3 is 6.09 Å². The van der Waals surface area contributed by atoms with Crippen LogP contribution in [0.3, 0.4) is 0 Å². The Balaban J connectivity index is 2.06. The van der Waals surface area contributed by atoms with E-state index < -0.39 is 15.9 Å². The number of hydrogen-bond acceptors (Lipinski definition) is 7. The van der Waals surface area contributed by atoms with Crippen LogP contribution in [0, 0.1) is 0 Å². The fourth-order valence-electron chi connectivity index (χ4n) is 2.35. The quantitative estimate of drug-likeness (QED) is 0.830. The van der Waals surface area contributed by atoms with E-state index in [1.807, 2.05) is 0 Å². The predicted molar refractivity (Wildman–Crippen MR) is 72.4 cm³/mol. The highest BCUT2D eigenvalue weighted by Gasteiger charge is 2.28. The molecule has 118 valence electrons. The molecule has 0 bridgehead atoms. The Bertz CT molecular complexity index is 579. The molecule has 0 aromatic carbocycles. The van der Waals surface area contributed by atoms with Gasteiger partial charge in [0, 0.05) is 7.05 Å². The Morgan fingerprint density at radius 1 is 1.38 bits per heavy atom. The lowest BCUT2D eigenvalue weighted by atomic mass is 9.96. The van der Waals surface area contributed by atoms with Crippen LogP contribution in [0.2, 0.25) is 0 Å². The van der Waals surface area contributed by atoms with Gasteiger partial charge in [-0.05, 0) is 23.3 Å². The van der Waals surface area contributed by atoms with Gasteiger partial charge in [0.15, 0.2) is 0 Å². The minimum absolute atomic E-state index is 0.0263. The van der Waals surface area contributed by atoms with Crippen LogP contribution in [0.4, 0.5) is 4.79 Å². The van der Waals surface area contributed by atoms with Crippen LogP contribution in [0.15, 0.2) is 5.16 Å². The van der Waals surface area contributed by atoms with Crippen molar-refractivity contribution >= 4 is 15.9 Å². The Labute approximate surface area is 123 Å². The molecule has 1 aromatic rings. The molecule has 0 aliphatic heterocycles. The van der Waals surface area contributed by atoms with Gasteiger partial charge in [0.2, 0.25) is 9.84 Å². The maximum atomic E-state index is 12.3. The molecule has 1 heterocycles. The first-order valence-corrected chi connectivity index (χ1v) is 8.55. The maximum Gasteiger partial charge on any atom is 0.406 e. The highest BCUT2D eigenvalue weighted by molar-refractivity contribution is 7.91. The second-order valence-corrected chi connectivity index (χ2v) is 6.91. The second kappa shape index (κ2) is 6.83. The summed E-state index contributed by atoms with van der Waals surface area (Å²) in [6.07, 6.45) is 4.33. The predicted octanol–water partition coefficient (Wildman–Crippen LogP) is 0.308. The molecular weight excluding hydrogens is 298 g/mol. The van der Waals surface area contributed by atoms with Gasteiger partial charge < -0.3 is 10.1 Å². The molecule has 1 aliphatic carbocycles. The molecule has 0 spiro atoms. The summed E-state index contributed by atoms with van der Waals surface area (Å²) in [7, 11) is -2.28. The number of alkyl carbamates (subject to hydrolysis) is 1. The smallest absolute Gasteiger partial charge is 0.406 e. The lowest BCUT2D eigenvalue weighted by Gasteiger charge is -2.22. The third-order valence-corrected chi connectivity index (χ3v) is 4.98. The number of nitrogens with zero attached hydrogens (tertiary/aromatic N) is 4. The normalized spacial score (nSPS) is 16.6. The molecule has 1 amide bonds. The van der Waals surface area contributed by atoms with Crippen molar-refractivity contribution in [3.63, 3.8) is 0 Å². The van der Waals surface area contributed by atoms with Crippen molar-refractivity contribution in [3.8, 4) is 0 Å². The zero-order chi connectivity index (χ0) is 15.3. The molecule has 1 N–H and O–H groups in total. The lowest BCUT2D eigenvalue weighted by Crippen LogP contribution is -2.25. The molecular formula is C11H19N5O4S. The van der Waals surface area contributed by atoms with E-state index in [4.69, 9.17) is 4.74 Å². The second-order valence-electron chi connectivity index (χ2n) is 4.90. The third kappa shape index (κ3) is 3.90.